The average molecular weight is 215 g/mol. The maximum atomic E-state index is 9.36. The Morgan fingerprint density at radius 1 is 1.53 bits per heavy atom. The van der Waals surface area contributed by atoms with Crippen LogP contribution in [-0.4, -0.2) is 50.9 Å². The highest BCUT2D eigenvalue weighted by Gasteiger charge is 2.24. The van der Waals surface area contributed by atoms with Gasteiger partial charge >= 0.3 is 0 Å². The van der Waals surface area contributed by atoms with Crippen LogP contribution in [0.25, 0.3) is 0 Å². The van der Waals surface area contributed by atoms with E-state index in [1.165, 1.54) is 37.5 Å². The van der Waals surface area contributed by atoms with E-state index in [1.54, 1.807) is 0 Å². The topological polar surface area (TPSA) is 49.4 Å². The van der Waals surface area contributed by atoms with Gasteiger partial charge in [-0.2, -0.15) is 0 Å². The van der Waals surface area contributed by atoms with Gasteiger partial charge in [-0.3, -0.25) is 0 Å². The molecule has 1 aliphatic heterocycles. The Hall–Kier alpha value is -0.870. The zero-order valence-corrected chi connectivity index (χ0v) is 9.70. The van der Waals surface area contributed by atoms with Gasteiger partial charge in [0.05, 0.1) is 39.3 Å². The van der Waals surface area contributed by atoms with Crippen LogP contribution in [0.3, 0.4) is 0 Å². The fourth-order valence-corrected chi connectivity index (χ4v) is 1.71. The summed E-state index contributed by atoms with van der Waals surface area (Å²) in [5.41, 5.74) is 0. The summed E-state index contributed by atoms with van der Waals surface area (Å²) in [6.45, 7) is 7.29. The highest BCUT2D eigenvalue weighted by molar-refractivity contribution is 5.65. The molecule has 0 saturated carbocycles. The van der Waals surface area contributed by atoms with Crippen molar-refractivity contribution in [1.29, 1.82) is 0 Å². The molecule has 1 rings (SSSR count). The quantitative estimate of drug-likeness (QED) is 0.482. The first-order valence-corrected chi connectivity index (χ1v) is 5.17. The first-order valence-electron chi connectivity index (χ1n) is 5.17. The lowest BCUT2D eigenvalue weighted by atomic mass is 10.4. The minimum absolute atomic E-state index is 0.319. The first-order chi connectivity index (χ1) is 7.04. The fraction of sp³-hybridized carbons (Fsp3) is 0.727. The molecule has 0 spiro atoms. The van der Waals surface area contributed by atoms with Crippen LogP contribution in [0, 0.1) is 0 Å². The summed E-state index contributed by atoms with van der Waals surface area (Å²) in [5, 5.41) is 9.36. The van der Waals surface area contributed by atoms with Crippen molar-refractivity contribution in [2.45, 2.75) is 12.8 Å². The van der Waals surface area contributed by atoms with E-state index in [0.29, 0.717) is 0 Å². The van der Waals surface area contributed by atoms with Gasteiger partial charge in [0.2, 0.25) is 0 Å². The smallest absolute Gasteiger partial charge is 0.0969 e. The molecule has 4 nitrogen and oxygen atoms in total. The number of carbonyl (C=O) groups is 1. The van der Waals surface area contributed by atoms with E-state index >= 15 is 0 Å². The Bertz CT molecular complexity index is 198. The SMILES string of the molecule is C=CC[N+]1(C)CCCC1.COCC(=O)[O-]. The third-order valence-electron chi connectivity index (χ3n) is 2.48. The number of quaternary nitrogens is 1. The van der Waals surface area contributed by atoms with E-state index in [4.69, 9.17) is 0 Å². The molecule has 0 aromatic carbocycles. The third kappa shape index (κ3) is 7.11. The van der Waals surface area contributed by atoms with Crippen LogP contribution in [0.1, 0.15) is 12.8 Å². The third-order valence-corrected chi connectivity index (χ3v) is 2.48. The second kappa shape index (κ2) is 7.43. The molecule has 0 aliphatic carbocycles. The van der Waals surface area contributed by atoms with Gasteiger partial charge in [0.1, 0.15) is 0 Å². The van der Waals surface area contributed by atoms with Gasteiger partial charge < -0.3 is 19.1 Å². The van der Waals surface area contributed by atoms with Crippen molar-refractivity contribution in [3.8, 4) is 0 Å². The predicted octanol–water partition coefficient (Wildman–Crippen LogP) is -0.204. The maximum absolute atomic E-state index is 9.36. The van der Waals surface area contributed by atoms with Gasteiger partial charge in [0.25, 0.3) is 0 Å². The number of ether oxygens (including phenoxy) is 1. The Morgan fingerprint density at radius 3 is 2.33 bits per heavy atom. The minimum Gasteiger partial charge on any atom is -0.548 e. The number of hydrogen-bond donors (Lipinski definition) is 0. The van der Waals surface area contributed by atoms with E-state index < -0.39 is 5.97 Å². The van der Waals surface area contributed by atoms with Gasteiger partial charge in [-0.1, -0.05) is 6.58 Å². The number of carboxylic acids is 1. The molecular weight excluding hydrogens is 194 g/mol. The van der Waals surface area contributed by atoms with Crippen molar-refractivity contribution in [3.05, 3.63) is 12.7 Å². The lowest BCUT2D eigenvalue weighted by molar-refractivity contribution is -0.891. The summed E-state index contributed by atoms with van der Waals surface area (Å²) in [6.07, 6.45) is 4.85. The molecule has 0 unspecified atom stereocenters. The average Bonchev–Trinajstić information content (AvgIpc) is 2.53. The molecule has 88 valence electrons. The largest absolute Gasteiger partial charge is 0.548 e. The van der Waals surface area contributed by atoms with Crippen molar-refractivity contribution in [3.63, 3.8) is 0 Å². The monoisotopic (exact) mass is 215 g/mol. The van der Waals surface area contributed by atoms with Gasteiger partial charge in [-0.25, -0.2) is 0 Å². The van der Waals surface area contributed by atoms with Crippen molar-refractivity contribution in [2.75, 3.05) is 40.4 Å². The van der Waals surface area contributed by atoms with Crippen molar-refractivity contribution in [1.82, 2.24) is 0 Å². The number of aliphatic carboxylic acids is 1. The van der Waals surface area contributed by atoms with Gasteiger partial charge in [-0.15, -0.1) is 0 Å². The Morgan fingerprint density at radius 2 is 2.07 bits per heavy atom. The fourth-order valence-electron chi connectivity index (χ4n) is 1.71. The van der Waals surface area contributed by atoms with E-state index in [1.807, 2.05) is 6.08 Å². The van der Waals surface area contributed by atoms with Crippen LogP contribution >= 0.6 is 0 Å². The molecule has 1 saturated heterocycles. The second-order valence-electron chi connectivity index (χ2n) is 4.05. The standard InChI is InChI=1S/C8H16N.C3H6O3/c1-3-6-9(2)7-4-5-8-9;1-6-2-3(4)5/h3H,1,4-8H2,2H3;2H2,1H3,(H,4,5)/q+1;/p-1. The predicted molar refractivity (Wildman–Crippen MR) is 57.1 cm³/mol. The lowest BCUT2D eigenvalue weighted by Crippen LogP contribution is -2.40. The molecule has 0 radical (unpaired) electrons. The van der Waals surface area contributed by atoms with Crippen LogP contribution in [0.2, 0.25) is 0 Å². The van der Waals surface area contributed by atoms with Crippen molar-refractivity contribution >= 4 is 5.97 Å². The highest BCUT2D eigenvalue weighted by Crippen LogP contribution is 2.15. The lowest BCUT2D eigenvalue weighted by Gasteiger charge is -2.27. The van der Waals surface area contributed by atoms with Crippen LogP contribution in [0.5, 0.6) is 0 Å². The molecule has 4 heteroatoms. The molecular formula is C11H21NO3. The molecule has 0 bridgehead atoms. The molecule has 0 N–H and O–H groups in total. The molecule has 15 heavy (non-hydrogen) atoms. The molecule has 0 atom stereocenters. The Kier molecular flexibility index (Phi) is 6.99. The van der Waals surface area contributed by atoms with E-state index in [-0.39, 0.29) is 6.61 Å². The normalized spacial score (nSPS) is 17.7. The van der Waals surface area contributed by atoms with Crippen LogP contribution in [0.4, 0.5) is 0 Å². The molecule has 1 heterocycles. The highest BCUT2D eigenvalue weighted by atomic mass is 16.5. The zero-order chi connectivity index (χ0) is 11.7. The van der Waals surface area contributed by atoms with E-state index in [0.717, 1.165) is 6.54 Å². The van der Waals surface area contributed by atoms with Gasteiger partial charge in [0, 0.05) is 20.0 Å². The summed E-state index contributed by atoms with van der Waals surface area (Å²) < 4.78 is 5.37. The van der Waals surface area contributed by atoms with Crippen molar-refractivity contribution < 1.29 is 19.1 Å². The summed E-state index contributed by atoms with van der Waals surface area (Å²) in [6, 6.07) is 0. The second-order valence-corrected chi connectivity index (χ2v) is 4.05. The number of rotatable bonds is 4. The number of nitrogens with zero attached hydrogens (tertiary/aromatic N) is 1. The zero-order valence-electron chi connectivity index (χ0n) is 9.70. The minimum atomic E-state index is -1.18. The van der Waals surface area contributed by atoms with Crippen LogP contribution in [0.15, 0.2) is 12.7 Å². The summed E-state index contributed by atoms with van der Waals surface area (Å²) in [7, 11) is 3.62. The number of carboxylic acid groups (broad SMARTS) is 1. The summed E-state index contributed by atoms with van der Waals surface area (Å²) >= 11 is 0. The first kappa shape index (κ1) is 14.1. The molecule has 0 aromatic rings. The molecule has 0 aromatic heterocycles. The molecule has 0 amide bonds. The maximum Gasteiger partial charge on any atom is 0.0969 e. The van der Waals surface area contributed by atoms with Gasteiger partial charge in [-0.05, 0) is 6.08 Å². The number of carbonyl (C=O) groups excluding carboxylic acids is 1. The molecule has 1 aliphatic rings. The number of methoxy groups -OCH3 is 1. The Labute approximate surface area is 91.7 Å². The Balaban J connectivity index is 0.000000288. The summed E-state index contributed by atoms with van der Waals surface area (Å²) in [4.78, 5) is 9.36. The molecule has 1 fully saturated rings. The van der Waals surface area contributed by atoms with Gasteiger partial charge in [0.15, 0.2) is 0 Å². The van der Waals surface area contributed by atoms with E-state index in [9.17, 15) is 9.90 Å². The number of likely N-dealkylation sites (tertiary alicyclic amines) is 1. The number of hydrogen-bond acceptors (Lipinski definition) is 3. The van der Waals surface area contributed by atoms with Crippen LogP contribution in [-0.2, 0) is 9.53 Å². The van der Waals surface area contributed by atoms with Crippen molar-refractivity contribution in [2.24, 2.45) is 0 Å². The summed E-state index contributed by atoms with van der Waals surface area (Å²) in [5.74, 6) is -1.18. The van der Waals surface area contributed by atoms with E-state index in [2.05, 4.69) is 18.4 Å². The number of likely N-dealkylation sites (N-methyl/N-ethyl adjacent to an activating group) is 1. The van der Waals surface area contributed by atoms with Crippen LogP contribution < -0.4 is 5.11 Å².